The maximum absolute atomic E-state index is 11.9. The van der Waals surface area contributed by atoms with Crippen molar-refractivity contribution in [1.29, 1.82) is 0 Å². The van der Waals surface area contributed by atoms with Crippen LogP contribution >= 0.6 is 11.8 Å². The minimum Gasteiger partial charge on any atom is -0.367 e. The summed E-state index contributed by atoms with van der Waals surface area (Å²) < 4.78 is 1.74. The van der Waals surface area contributed by atoms with Gasteiger partial charge < -0.3 is 10.6 Å². The molecule has 1 aliphatic carbocycles. The summed E-state index contributed by atoms with van der Waals surface area (Å²) in [6.07, 6.45) is 7.54. The van der Waals surface area contributed by atoms with E-state index < -0.39 is 11.9 Å². The number of hydrogen-bond donors (Lipinski definition) is 3. The largest absolute Gasteiger partial charge is 0.367 e. The molecule has 3 aromatic rings. The van der Waals surface area contributed by atoms with Gasteiger partial charge in [-0.25, -0.2) is 9.78 Å². The molecule has 2 aliphatic rings. The van der Waals surface area contributed by atoms with Gasteiger partial charge in [0, 0.05) is 28.1 Å². The average Bonchev–Trinajstić information content (AvgIpc) is 3.36. The summed E-state index contributed by atoms with van der Waals surface area (Å²) in [5, 5.41) is 12.7. The van der Waals surface area contributed by atoms with Crippen molar-refractivity contribution in [2.45, 2.75) is 23.8 Å². The van der Waals surface area contributed by atoms with Crippen LogP contribution in [0.2, 0.25) is 0 Å². The number of nitrogens with zero attached hydrogens (tertiary/aromatic N) is 3. The van der Waals surface area contributed by atoms with Gasteiger partial charge in [0.05, 0.1) is 11.9 Å². The lowest BCUT2D eigenvalue weighted by Gasteiger charge is -2.11. The number of carbonyl (C=O) groups is 2. The molecule has 3 heterocycles. The van der Waals surface area contributed by atoms with E-state index in [9.17, 15) is 9.59 Å². The molecule has 1 aromatic carbocycles. The smallest absolute Gasteiger partial charge is 0.326 e. The molecule has 0 spiro atoms. The number of amides is 3. The second-order valence-corrected chi connectivity index (χ2v) is 7.86. The summed E-state index contributed by atoms with van der Waals surface area (Å²) in [5.41, 5.74) is 3.26. The summed E-state index contributed by atoms with van der Waals surface area (Å²) in [6, 6.07) is 10.1. The average molecular weight is 406 g/mol. The zero-order valence-electron chi connectivity index (χ0n) is 15.6. The van der Waals surface area contributed by atoms with E-state index in [2.05, 4.69) is 33.2 Å². The number of anilines is 1. The Morgan fingerprint density at radius 1 is 1.24 bits per heavy atom. The molecule has 0 radical (unpaired) electrons. The standard InChI is InChI=1S/C20H18N6O2S/c1-29-14-4-2-3-11(7-14)15-9-17(22-13-5-6-13)26-18(23-15)12(10-21-26)8-16-19(27)25-20(28)24-16/h2-4,7-10,13,22H,5-6H2,1H3,(H2,24,25,27,28)/b16-8-. The first-order valence-electron chi connectivity index (χ1n) is 9.24. The molecule has 0 unspecified atom stereocenters. The van der Waals surface area contributed by atoms with Crippen LogP contribution in [0.3, 0.4) is 0 Å². The molecule has 2 fully saturated rings. The molecule has 1 saturated carbocycles. The van der Waals surface area contributed by atoms with Crippen LogP contribution in [0.4, 0.5) is 10.6 Å². The van der Waals surface area contributed by atoms with Crippen molar-refractivity contribution in [3.63, 3.8) is 0 Å². The van der Waals surface area contributed by atoms with E-state index in [0.717, 1.165) is 34.8 Å². The van der Waals surface area contributed by atoms with E-state index in [4.69, 9.17) is 4.98 Å². The second kappa shape index (κ2) is 6.93. The van der Waals surface area contributed by atoms with E-state index in [1.807, 2.05) is 24.5 Å². The van der Waals surface area contributed by atoms with Crippen molar-refractivity contribution in [3.8, 4) is 11.3 Å². The SMILES string of the molecule is CSc1cccc(-c2cc(NC3CC3)n3ncc(/C=C4\NC(=O)NC4=O)c3n2)c1. The maximum atomic E-state index is 11.9. The predicted octanol–water partition coefficient (Wildman–Crippen LogP) is 2.87. The van der Waals surface area contributed by atoms with E-state index >= 15 is 0 Å². The normalized spacial score (nSPS) is 17.6. The molecule has 9 heteroatoms. The third-order valence-corrected chi connectivity index (χ3v) is 5.54. The fourth-order valence-electron chi connectivity index (χ4n) is 3.19. The van der Waals surface area contributed by atoms with E-state index in [-0.39, 0.29) is 5.70 Å². The molecular weight excluding hydrogens is 388 g/mol. The van der Waals surface area contributed by atoms with E-state index in [1.54, 1.807) is 28.6 Å². The first-order chi connectivity index (χ1) is 14.1. The van der Waals surface area contributed by atoms with Crippen LogP contribution in [0.25, 0.3) is 23.0 Å². The molecule has 5 rings (SSSR count). The van der Waals surface area contributed by atoms with Gasteiger partial charge in [0.25, 0.3) is 5.91 Å². The molecule has 1 aliphatic heterocycles. The minimum absolute atomic E-state index is 0.179. The molecule has 8 nitrogen and oxygen atoms in total. The molecule has 0 bridgehead atoms. The third kappa shape index (κ3) is 3.44. The van der Waals surface area contributed by atoms with E-state index in [1.165, 1.54) is 0 Å². The van der Waals surface area contributed by atoms with Gasteiger partial charge in [-0.3, -0.25) is 10.1 Å². The molecule has 3 N–H and O–H groups in total. The van der Waals surface area contributed by atoms with Crippen LogP contribution in [0, 0.1) is 0 Å². The lowest BCUT2D eigenvalue weighted by Crippen LogP contribution is -2.22. The Bertz CT molecular complexity index is 1180. The zero-order chi connectivity index (χ0) is 20.0. The summed E-state index contributed by atoms with van der Waals surface area (Å²) in [5.74, 6) is 0.390. The summed E-state index contributed by atoms with van der Waals surface area (Å²) in [7, 11) is 0. The number of thioether (sulfide) groups is 1. The maximum Gasteiger partial charge on any atom is 0.326 e. The van der Waals surface area contributed by atoms with Gasteiger partial charge in [0.2, 0.25) is 0 Å². The highest BCUT2D eigenvalue weighted by Crippen LogP contribution is 2.30. The number of aromatic nitrogens is 3. The molecule has 29 heavy (non-hydrogen) atoms. The number of hydrogen-bond acceptors (Lipinski definition) is 6. The van der Waals surface area contributed by atoms with Gasteiger partial charge in [-0.1, -0.05) is 12.1 Å². The first-order valence-corrected chi connectivity index (χ1v) is 10.5. The quantitative estimate of drug-likeness (QED) is 0.342. The van der Waals surface area contributed by atoms with Gasteiger partial charge >= 0.3 is 6.03 Å². The van der Waals surface area contributed by atoms with Crippen LogP contribution in [-0.4, -0.2) is 38.8 Å². The van der Waals surface area contributed by atoms with Gasteiger partial charge in [0.15, 0.2) is 5.65 Å². The van der Waals surface area contributed by atoms with Crippen molar-refractivity contribution < 1.29 is 9.59 Å². The number of imide groups is 1. The summed E-state index contributed by atoms with van der Waals surface area (Å²) in [6.45, 7) is 0. The highest BCUT2D eigenvalue weighted by molar-refractivity contribution is 7.98. The third-order valence-electron chi connectivity index (χ3n) is 4.81. The Balaban J connectivity index is 1.65. The topological polar surface area (TPSA) is 100 Å². The van der Waals surface area contributed by atoms with Crippen molar-refractivity contribution >= 4 is 41.2 Å². The predicted molar refractivity (Wildman–Crippen MR) is 112 cm³/mol. The lowest BCUT2D eigenvalue weighted by atomic mass is 10.1. The lowest BCUT2D eigenvalue weighted by molar-refractivity contribution is -0.115. The van der Waals surface area contributed by atoms with Crippen LogP contribution < -0.4 is 16.0 Å². The highest BCUT2D eigenvalue weighted by atomic mass is 32.2. The number of carbonyl (C=O) groups excluding carboxylic acids is 2. The van der Waals surface area contributed by atoms with Crippen molar-refractivity contribution in [1.82, 2.24) is 25.2 Å². The van der Waals surface area contributed by atoms with Gasteiger partial charge in [-0.05, 0) is 37.3 Å². The van der Waals surface area contributed by atoms with Crippen LogP contribution in [0.5, 0.6) is 0 Å². The zero-order valence-corrected chi connectivity index (χ0v) is 16.4. The van der Waals surface area contributed by atoms with Crippen LogP contribution in [0.15, 0.2) is 47.1 Å². The molecular formula is C20H18N6O2S. The highest BCUT2D eigenvalue weighted by Gasteiger charge is 2.25. The van der Waals surface area contributed by atoms with Crippen molar-refractivity contribution in [3.05, 3.63) is 47.8 Å². The van der Waals surface area contributed by atoms with Gasteiger partial charge in [-0.15, -0.1) is 11.8 Å². The van der Waals surface area contributed by atoms with Crippen LogP contribution in [0.1, 0.15) is 18.4 Å². The Morgan fingerprint density at radius 3 is 2.83 bits per heavy atom. The van der Waals surface area contributed by atoms with Gasteiger partial charge in [0.1, 0.15) is 11.5 Å². The Kier molecular flexibility index (Phi) is 4.24. The molecule has 146 valence electrons. The molecule has 1 saturated heterocycles. The van der Waals surface area contributed by atoms with E-state index in [0.29, 0.717) is 17.3 Å². The second-order valence-electron chi connectivity index (χ2n) is 6.98. The Hall–Kier alpha value is -3.33. The number of rotatable bonds is 5. The molecule has 2 aromatic heterocycles. The minimum atomic E-state index is -0.531. The number of urea groups is 1. The Morgan fingerprint density at radius 2 is 2.10 bits per heavy atom. The summed E-state index contributed by atoms with van der Waals surface area (Å²) in [4.78, 5) is 29.3. The fraction of sp³-hybridized carbons (Fsp3) is 0.200. The van der Waals surface area contributed by atoms with Crippen LogP contribution in [-0.2, 0) is 4.79 Å². The number of fused-ring (bicyclic) bond motifs is 1. The van der Waals surface area contributed by atoms with Gasteiger partial charge in [-0.2, -0.15) is 9.61 Å². The fourth-order valence-corrected chi connectivity index (χ4v) is 3.65. The van der Waals surface area contributed by atoms with Crippen molar-refractivity contribution in [2.75, 3.05) is 11.6 Å². The van der Waals surface area contributed by atoms with Crippen molar-refractivity contribution in [2.24, 2.45) is 0 Å². The molecule has 0 atom stereocenters. The molecule has 3 amide bonds. The summed E-state index contributed by atoms with van der Waals surface area (Å²) >= 11 is 1.68. The Labute approximate surface area is 170 Å². The first kappa shape index (κ1) is 17.7. The number of nitrogens with one attached hydrogen (secondary N) is 3. The monoisotopic (exact) mass is 406 g/mol. The number of benzene rings is 1.